The first-order valence-electron chi connectivity index (χ1n) is 6.85. The van der Waals surface area contributed by atoms with E-state index in [0.717, 1.165) is 12.0 Å². The van der Waals surface area contributed by atoms with Crippen LogP contribution in [0, 0.1) is 0 Å². The van der Waals surface area contributed by atoms with E-state index in [4.69, 9.17) is 0 Å². The van der Waals surface area contributed by atoms with Crippen molar-refractivity contribution in [1.29, 1.82) is 0 Å². The molecule has 0 aliphatic carbocycles. The number of hydrogen-bond acceptors (Lipinski definition) is 3. The lowest BCUT2D eigenvalue weighted by molar-refractivity contribution is 0.729. The summed E-state index contributed by atoms with van der Waals surface area (Å²) in [7, 11) is 1.59. The number of H-pyrrole nitrogens is 2. The van der Waals surface area contributed by atoms with Crippen molar-refractivity contribution in [2.45, 2.75) is 19.3 Å². The lowest BCUT2D eigenvalue weighted by Gasteiger charge is -2.11. The first-order valence-corrected chi connectivity index (χ1v) is 6.85. The molecule has 1 atom stereocenters. The summed E-state index contributed by atoms with van der Waals surface area (Å²) in [6, 6.07) is 9.98. The van der Waals surface area contributed by atoms with Gasteiger partial charge in [-0.2, -0.15) is 0 Å². The number of fused-ring (bicyclic) bond motifs is 1. The van der Waals surface area contributed by atoms with Crippen LogP contribution in [0.15, 0.2) is 39.9 Å². The van der Waals surface area contributed by atoms with Crippen LogP contribution in [-0.2, 0) is 7.05 Å². The average molecular weight is 284 g/mol. The van der Waals surface area contributed by atoms with E-state index in [9.17, 15) is 9.59 Å². The smallest absolute Gasteiger partial charge is 0.329 e. The van der Waals surface area contributed by atoms with Gasteiger partial charge >= 0.3 is 5.69 Å². The summed E-state index contributed by atoms with van der Waals surface area (Å²) in [4.78, 5) is 33.3. The van der Waals surface area contributed by atoms with Gasteiger partial charge in [0.15, 0.2) is 5.65 Å². The van der Waals surface area contributed by atoms with Gasteiger partial charge in [0, 0.05) is 13.0 Å². The Balaban J connectivity index is 2.21. The summed E-state index contributed by atoms with van der Waals surface area (Å²) < 4.78 is 1.34. The highest BCUT2D eigenvalue weighted by Gasteiger charge is 2.18. The summed E-state index contributed by atoms with van der Waals surface area (Å²) in [5.41, 5.74) is 0.947. The Bertz CT molecular complexity index is 889. The zero-order valence-corrected chi connectivity index (χ0v) is 11.9. The summed E-state index contributed by atoms with van der Waals surface area (Å²) in [5, 5.41) is 0. The predicted molar refractivity (Wildman–Crippen MR) is 80.5 cm³/mol. The monoisotopic (exact) mass is 284 g/mol. The SMILES string of the molecule is CCC(c1ccccc1)c1nc2c([nH]1)c(=O)[nH]c(=O)n2C. The zero-order valence-electron chi connectivity index (χ0n) is 11.9. The van der Waals surface area contributed by atoms with E-state index in [2.05, 4.69) is 21.9 Å². The molecule has 0 amide bonds. The van der Waals surface area contributed by atoms with Gasteiger partial charge in [-0.1, -0.05) is 37.3 Å². The summed E-state index contributed by atoms with van der Waals surface area (Å²) in [6.45, 7) is 2.06. The number of nitrogens with one attached hydrogen (secondary N) is 2. The zero-order chi connectivity index (χ0) is 15.0. The van der Waals surface area contributed by atoms with Crippen molar-refractivity contribution in [3.63, 3.8) is 0 Å². The molecule has 3 aromatic rings. The first kappa shape index (κ1) is 13.4. The Hall–Kier alpha value is -2.63. The molecule has 1 aromatic carbocycles. The molecule has 2 N–H and O–H groups in total. The van der Waals surface area contributed by atoms with Crippen LogP contribution in [0.1, 0.15) is 30.7 Å². The molecule has 2 heterocycles. The maximum atomic E-state index is 11.9. The van der Waals surface area contributed by atoms with Gasteiger partial charge in [0.1, 0.15) is 11.3 Å². The number of aromatic amines is 2. The van der Waals surface area contributed by atoms with Crippen molar-refractivity contribution in [1.82, 2.24) is 19.5 Å². The number of aromatic nitrogens is 4. The fourth-order valence-corrected chi connectivity index (χ4v) is 2.56. The topological polar surface area (TPSA) is 83.5 Å². The second kappa shape index (κ2) is 5.05. The normalized spacial score (nSPS) is 12.7. The van der Waals surface area contributed by atoms with Crippen molar-refractivity contribution in [3.05, 3.63) is 62.6 Å². The maximum absolute atomic E-state index is 11.9. The standard InChI is InChI=1S/C15H16N4O2/c1-3-10(9-7-5-4-6-8-9)12-16-11-13(17-12)19(2)15(21)18-14(11)20/h4-8,10H,3H2,1-2H3,(H,16,17)(H,18,20,21). The minimum absolute atomic E-state index is 0.0631. The highest BCUT2D eigenvalue weighted by Crippen LogP contribution is 2.26. The fraction of sp³-hybridized carbons (Fsp3) is 0.267. The first-order chi connectivity index (χ1) is 10.1. The highest BCUT2D eigenvalue weighted by atomic mass is 16.2. The van der Waals surface area contributed by atoms with E-state index in [1.807, 2.05) is 30.3 Å². The van der Waals surface area contributed by atoms with E-state index >= 15 is 0 Å². The van der Waals surface area contributed by atoms with Gasteiger partial charge < -0.3 is 4.98 Å². The van der Waals surface area contributed by atoms with Gasteiger partial charge in [-0.05, 0) is 12.0 Å². The second-order valence-corrected chi connectivity index (χ2v) is 5.01. The van der Waals surface area contributed by atoms with Crippen molar-refractivity contribution in [3.8, 4) is 0 Å². The van der Waals surface area contributed by atoms with Crippen LogP contribution < -0.4 is 11.2 Å². The molecule has 0 aliphatic heterocycles. The minimum atomic E-state index is -0.460. The van der Waals surface area contributed by atoms with Crippen LogP contribution in [-0.4, -0.2) is 19.5 Å². The molecule has 3 rings (SSSR count). The van der Waals surface area contributed by atoms with Gasteiger partial charge in [0.25, 0.3) is 5.56 Å². The largest absolute Gasteiger partial charge is 0.336 e. The number of rotatable bonds is 3. The van der Waals surface area contributed by atoms with Crippen LogP contribution in [0.25, 0.3) is 11.2 Å². The van der Waals surface area contributed by atoms with E-state index < -0.39 is 11.2 Å². The Morgan fingerprint density at radius 3 is 2.57 bits per heavy atom. The summed E-state index contributed by atoms with van der Waals surface area (Å²) in [6.07, 6.45) is 0.843. The molecule has 0 aliphatic rings. The molecule has 0 bridgehead atoms. The minimum Gasteiger partial charge on any atom is -0.336 e. The van der Waals surface area contributed by atoms with E-state index in [0.29, 0.717) is 17.0 Å². The number of hydrogen-bond donors (Lipinski definition) is 2. The third-order valence-electron chi connectivity index (χ3n) is 3.71. The third kappa shape index (κ3) is 2.18. The van der Waals surface area contributed by atoms with E-state index in [1.54, 1.807) is 7.05 Å². The maximum Gasteiger partial charge on any atom is 0.329 e. The lowest BCUT2D eigenvalue weighted by Crippen LogP contribution is -2.28. The quantitative estimate of drug-likeness (QED) is 0.764. The van der Waals surface area contributed by atoms with Crippen molar-refractivity contribution >= 4 is 11.2 Å². The third-order valence-corrected chi connectivity index (χ3v) is 3.71. The summed E-state index contributed by atoms with van der Waals surface area (Å²) >= 11 is 0. The Morgan fingerprint density at radius 2 is 1.90 bits per heavy atom. The van der Waals surface area contributed by atoms with Gasteiger partial charge in [-0.25, -0.2) is 9.78 Å². The molecule has 2 aromatic heterocycles. The Kier molecular flexibility index (Phi) is 3.21. The molecule has 0 fully saturated rings. The number of aryl methyl sites for hydroxylation is 1. The average Bonchev–Trinajstić information content (AvgIpc) is 2.92. The molecule has 0 radical (unpaired) electrons. The second-order valence-electron chi connectivity index (χ2n) is 5.01. The predicted octanol–water partition coefficient (Wildman–Crippen LogP) is 1.49. The van der Waals surface area contributed by atoms with Crippen LogP contribution in [0.2, 0.25) is 0 Å². The van der Waals surface area contributed by atoms with Gasteiger partial charge in [-0.15, -0.1) is 0 Å². The molecule has 108 valence electrons. The fourth-order valence-electron chi connectivity index (χ4n) is 2.56. The molecular weight excluding hydrogens is 268 g/mol. The van der Waals surface area contributed by atoms with Gasteiger partial charge in [-0.3, -0.25) is 14.3 Å². The van der Waals surface area contributed by atoms with Crippen LogP contribution in [0.4, 0.5) is 0 Å². The van der Waals surface area contributed by atoms with Crippen LogP contribution >= 0.6 is 0 Å². The molecule has 0 spiro atoms. The van der Waals surface area contributed by atoms with Gasteiger partial charge in [0.2, 0.25) is 0 Å². The summed E-state index contributed by atoms with van der Waals surface area (Å²) in [5.74, 6) is 0.763. The van der Waals surface area contributed by atoms with E-state index in [1.165, 1.54) is 4.57 Å². The number of imidazole rings is 1. The number of nitrogens with zero attached hydrogens (tertiary/aromatic N) is 2. The molecule has 6 heteroatoms. The van der Waals surface area contributed by atoms with Crippen molar-refractivity contribution < 1.29 is 0 Å². The molecule has 6 nitrogen and oxygen atoms in total. The molecule has 1 unspecified atom stereocenters. The van der Waals surface area contributed by atoms with Gasteiger partial charge in [0.05, 0.1) is 0 Å². The number of benzene rings is 1. The van der Waals surface area contributed by atoms with Crippen molar-refractivity contribution in [2.75, 3.05) is 0 Å². The van der Waals surface area contributed by atoms with E-state index in [-0.39, 0.29) is 5.92 Å². The highest BCUT2D eigenvalue weighted by molar-refractivity contribution is 5.69. The Labute approximate surface area is 120 Å². The molecule has 0 saturated carbocycles. The lowest BCUT2D eigenvalue weighted by atomic mass is 9.96. The molecular formula is C15H16N4O2. The Morgan fingerprint density at radius 1 is 1.19 bits per heavy atom. The van der Waals surface area contributed by atoms with Crippen LogP contribution in [0.5, 0.6) is 0 Å². The molecule has 21 heavy (non-hydrogen) atoms. The van der Waals surface area contributed by atoms with Crippen LogP contribution in [0.3, 0.4) is 0 Å². The molecule has 0 saturated heterocycles. The van der Waals surface area contributed by atoms with Crippen molar-refractivity contribution in [2.24, 2.45) is 7.05 Å².